The van der Waals surface area contributed by atoms with Crippen molar-refractivity contribution in [1.82, 2.24) is 4.57 Å². The maximum atomic E-state index is 13.7. The molecule has 0 saturated heterocycles. The first-order valence-electron chi connectivity index (χ1n) is 4.89. The number of aromatic nitrogens is 1. The Hall–Kier alpha value is -1.35. The van der Waals surface area contributed by atoms with E-state index in [-0.39, 0.29) is 10.6 Å². The Bertz CT molecular complexity index is 646. The third kappa shape index (κ3) is 1.35. The summed E-state index contributed by atoms with van der Waals surface area (Å²) >= 11 is 6.03. The molecule has 0 bridgehead atoms. The summed E-state index contributed by atoms with van der Waals surface area (Å²) in [6.07, 6.45) is 0. The average molecular weight is 240 g/mol. The molecule has 0 N–H and O–H groups in total. The number of nitrogens with zero attached hydrogens (tertiary/aromatic N) is 1. The third-order valence-electron chi connectivity index (χ3n) is 2.84. The Morgan fingerprint density at radius 2 is 1.94 bits per heavy atom. The van der Waals surface area contributed by atoms with E-state index in [9.17, 15) is 9.18 Å². The molecule has 4 heteroatoms. The van der Waals surface area contributed by atoms with Crippen molar-refractivity contribution in [3.63, 3.8) is 0 Å². The van der Waals surface area contributed by atoms with Gasteiger partial charge in [0, 0.05) is 12.6 Å². The van der Waals surface area contributed by atoms with Gasteiger partial charge in [0.15, 0.2) is 0 Å². The van der Waals surface area contributed by atoms with Gasteiger partial charge in [-0.2, -0.15) is 0 Å². The van der Waals surface area contributed by atoms with Gasteiger partial charge in [-0.05, 0) is 25.5 Å². The molecule has 0 aliphatic rings. The second-order valence-electron chi connectivity index (χ2n) is 3.89. The summed E-state index contributed by atoms with van der Waals surface area (Å²) in [6.45, 7) is 3.43. The van der Waals surface area contributed by atoms with E-state index < -0.39 is 5.82 Å². The van der Waals surface area contributed by atoms with Crippen molar-refractivity contribution in [3.8, 4) is 0 Å². The van der Waals surface area contributed by atoms with Crippen LogP contribution in [0.1, 0.15) is 11.1 Å². The lowest BCUT2D eigenvalue weighted by Crippen LogP contribution is -2.21. The molecule has 0 saturated carbocycles. The maximum Gasteiger partial charge on any atom is 0.255 e. The molecule has 0 spiro atoms. The highest BCUT2D eigenvalue weighted by atomic mass is 35.5. The van der Waals surface area contributed by atoms with Crippen molar-refractivity contribution in [2.24, 2.45) is 7.05 Å². The van der Waals surface area contributed by atoms with Crippen LogP contribution in [-0.2, 0) is 7.05 Å². The summed E-state index contributed by atoms with van der Waals surface area (Å²) in [5.74, 6) is -0.399. The molecule has 0 fully saturated rings. The number of hydrogen-bond donors (Lipinski definition) is 0. The summed E-state index contributed by atoms with van der Waals surface area (Å²) in [6, 6.07) is 3.01. The van der Waals surface area contributed by atoms with Crippen molar-refractivity contribution in [3.05, 3.63) is 44.5 Å². The van der Waals surface area contributed by atoms with Crippen LogP contribution in [0.3, 0.4) is 0 Å². The van der Waals surface area contributed by atoms with Crippen LogP contribution >= 0.6 is 11.6 Å². The fraction of sp³-hybridized carbons (Fsp3) is 0.250. The van der Waals surface area contributed by atoms with Crippen LogP contribution in [0.2, 0.25) is 5.02 Å². The first-order chi connectivity index (χ1) is 7.45. The van der Waals surface area contributed by atoms with Crippen molar-refractivity contribution >= 4 is 22.5 Å². The normalized spacial score (nSPS) is 11.1. The van der Waals surface area contributed by atoms with E-state index in [1.54, 1.807) is 20.0 Å². The van der Waals surface area contributed by atoms with E-state index in [1.165, 1.54) is 10.6 Å². The lowest BCUT2D eigenvalue weighted by atomic mass is 10.1. The number of rotatable bonds is 0. The zero-order valence-electron chi connectivity index (χ0n) is 9.27. The fourth-order valence-corrected chi connectivity index (χ4v) is 2.21. The van der Waals surface area contributed by atoms with E-state index in [4.69, 9.17) is 11.6 Å². The molecule has 1 aromatic heterocycles. The molecule has 0 atom stereocenters. The minimum Gasteiger partial charge on any atom is -0.311 e. The summed E-state index contributed by atoms with van der Waals surface area (Å²) in [4.78, 5) is 11.8. The second-order valence-corrected chi connectivity index (χ2v) is 4.27. The molecular weight excluding hydrogens is 229 g/mol. The topological polar surface area (TPSA) is 22.0 Å². The minimum absolute atomic E-state index is 0.189. The zero-order chi connectivity index (χ0) is 12.0. The molecule has 16 heavy (non-hydrogen) atoms. The van der Waals surface area contributed by atoms with Gasteiger partial charge in [-0.1, -0.05) is 17.7 Å². The number of pyridine rings is 1. The van der Waals surface area contributed by atoms with Gasteiger partial charge in [0.2, 0.25) is 0 Å². The predicted octanol–water partition coefficient (Wildman–Crippen LogP) is 2.95. The first-order valence-corrected chi connectivity index (χ1v) is 5.27. The third-order valence-corrected chi connectivity index (χ3v) is 3.31. The van der Waals surface area contributed by atoms with E-state index in [1.807, 2.05) is 6.92 Å². The Morgan fingerprint density at radius 1 is 1.31 bits per heavy atom. The Labute approximate surface area is 97.3 Å². The number of aryl methyl sites for hydroxylation is 2. The van der Waals surface area contributed by atoms with E-state index >= 15 is 0 Å². The smallest absolute Gasteiger partial charge is 0.255 e. The van der Waals surface area contributed by atoms with E-state index in [2.05, 4.69) is 0 Å². The quantitative estimate of drug-likeness (QED) is 0.693. The van der Waals surface area contributed by atoms with E-state index in [0.717, 1.165) is 5.56 Å². The molecule has 0 unspecified atom stereocenters. The van der Waals surface area contributed by atoms with Crippen LogP contribution in [-0.4, -0.2) is 4.57 Å². The van der Waals surface area contributed by atoms with Gasteiger partial charge in [0.05, 0.1) is 15.9 Å². The summed E-state index contributed by atoms with van der Waals surface area (Å²) < 4.78 is 15.2. The number of hydrogen-bond acceptors (Lipinski definition) is 1. The van der Waals surface area contributed by atoms with Crippen LogP contribution < -0.4 is 5.56 Å². The zero-order valence-corrected chi connectivity index (χ0v) is 10.0. The molecule has 1 heterocycles. The van der Waals surface area contributed by atoms with Gasteiger partial charge in [0.25, 0.3) is 5.56 Å². The van der Waals surface area contributed by atoms with Gasteiger partial charge in [-0.15, -0.1) is 0 Å². The van der Waals surface area contributed by atoms with Crippen LogP contribution in [0, 0.1) is 19.7 Å². The first kappa shape index (κ1) is 11.1. The van der Waals surface area contributed by atoms with Gasteiger partial charge in [-0.3, -0.25) is 4.79 Å². The molecule has 1 aromatic carbocycles. The van der Waals surface area contributed by atoms with Crippen LogP contribution in [0.5, 0.6) is 0 Å². The maximum absolute atomic E-state index is 13.7. The SMILES string of the molecule is Cc1c(Cl)c2c(F)ccc(C)c2n(C)c1=O. The van der Waals surface area contributed by atoms with Crippen LogP contribution in [0.15, 0.2) is 16.9 Å². The molecular formula is C12H11ClFNO. The Balaban J connectivity index is 3.20. The van der Waals surface area contributed by atoms with Gasteiger partial charge < -0.3 is 4.57 Å². The highest BCUT2D eigenvalue weighted by molar-refractivity contribution is 6.36. The Morgan fingerprint density at radius 3 is 2.56 bits per heavy atom. The van der Waals surface area contributed by atoms with Crippen molar-refractivity contribution in [2.45, 2.75) is 13.8 Å². The Kier molecular flexibility index (Phi) is 2.50. The molecule has 0 aliphatic heterocycles. The van der Waals surface area contributed by atoms with Gasteiger partial charge in [-0.25, -0.2) is 4.39 Å². The number of benzene rings is 1. The van der Waals surface area contributed by atoms with Crippen molar-refractivity contribution in [1.29, 1.82) is 0 Å². The summed E-state index contributed by atoms with van der Waals surface area (Å²) in [7, 11) is 1.63. The molecule has 2 aromatic rings. The largest absolute Gasteiger partial charge is 0.311 e. The molecule has 84 valence electrons. The molecule has 0 amide bonds. The van der Waals surface area contributed by atoms with E-state index in [0.29, 0.717) is 16.5 Å². The van der Waals surface area contributed by atoms with Crippen molar-refractivity contribution < 1.29 is 4.39 Å². The highest BCUT2D eigenvalue weighted by Gasteiger charge is 2.15. The second kappa shape index (κ2) is 3.59. The van der Waals surface area contributed by atoms with Crippen molar-refractivity contribution in [2.75, 3.05) is 0 Å². The number of fused-ring (bicyclic) bond motifs is 1. The highest BCUT2D eigenvalue weighted by Crippen LogP contribution is 2.28. The summed E-state index contributed by atoms with van der Waals surface area (Å²) in [5, 5.41) is 0.528. The monoisotopic (exact) mass is 239 g/mol. The lowest BCUT2D eigenvalue weighted by molar-refractivity contribution is 0.638. The molecule has 2 nitrogen and oxygen atoms in total. The minimum atomic E-state index is -0.399. The summed E-state index contributed by atoms with van der Waals surface area (Å²) in [5.41, 5.74) is 1.57. The molecule has 0 radical (unpaired) electrons. The predicted molar refractivity (Wildman–Crippen MR) is 63.6 cm³/mol. The standard InChI is InChI=1S/C12H11ClFNO/c1-6-4-5-8(14)9-10(13)7(2)12(16)15(3)11(6)9/h4-5H,1-3H3. The molecule has 0 aliphatic carbocycles. The van der Waals surface area contributed by atoms with Crippen LogP contribution in [0.25, 0.3) is 10.9 Å². The van der Waals surface area contributed by atoms with Crippen LogP contribution in [0.4, 0.5) is 4.39 Å². The van der Waals surface area contributed by atoms with Gasteiger partial charge in [0.1, 0.15) is 5.82 Å². The number of halogens is 2. The average Bonchev–Trinajstić information content (AvgIpc) is 2.26. The molecule has 2 rings (SSSR count). The fourth-order valence-electron chi connectivity index (χ4n) is 1.95. The van der Waals surface area contributed by atoms with Gasteiger partial charge >= 0.3 is 0 Å². The lowest BCUT2D eigenvalue weighted by Gasteiger charge is -2.12.